The van der Waals surface area contributed by atoms with E-state index in [0.717, 1.165) is 6.07 Å². The van der Waals surface area contributed by atoms with Gasteiger partial charge in [-0.1, -0.05) is 39.7 Å². The van der Waals surface area contributed by atoms with Gasteiger partial charge in [0, 0.05) is 39.8 Å². The SMILES string of the molecule is [2H]C([2H])(Oc1cccc(C2CCN(C([2H])([2H])c3nc4c(OC(F)F)cc(Br)cc4n3C)CC2)n1)c1ccc(Cl)cc1F. The van der Waals surface area contributed by atoms with Gasteiger partial charge in [-0.05, 0) is 56.3 Å². The van der Waals surface area contributed by atoms with Crippen molar-refractivity contribution in [1.29, 1.82) is 0 Å². The number of aromatic nitrogens is 3. The summed E-state index contributed by atoms with van der Waals surface area (Å²) in [5.74, 6) is -1.02. The van der Waals surface area contributed by atoms with Crippen LogP contribution in [0.25, 0.3) is 11.0 Å². The Kier molecular flexibility index (Phi) is 6.68. The van der Waals surface area contributed by atoms with E-state index in [1.165, 1.54) is 28.8 Å². The fourth-order valence-corrected chi connectivity index (χ4v) is 4.92. The zero-order valence-corrected chi connectivity index (χ0v) is 22.4. The summed E-state index contributed by atoms with van der Waals surface area (Å²) in [4.78, 5) is 10.5. The average molecular weight is 614 g/mol. The predicted octanol–water partition coefficient (Wildman–Crippen LogP) is 7.08. The summed E-state index contributed by atoms with van der Waals surface area (Å²) in [6.45, 7) is -6.90. The van der Waals surface area contributed by atoms with E-state index < -0.39 is 25.5 Å². The standard InChI is InChI=1S/C27H25BrClF3N4O2/c1-35-22-11-18(28)12-23(38-27(31)32)26(22)34-24(35)14-36-9-7-16(8-10-36)21-3-2-4-25(33-21)37-15-17-5-6-19(29)13-20(17)30/h2-6,11-13,16,27H,7-10,14-15H2,1H3/i14D2,15D2. The topological polar surface area (TPSA) is 52.4 Å². The summed E-state index contributed by atoms with van der Waals surface area (Å²) >= 11 is 9.07. The summed E-state index contributed by atoms with van der Waals surface area (Å²) in [5, 5.41) is 0.137. The Bertz CT molecular complexity index is 1620. The van der Waals surface area contributed by atoms with Crippen molar-refractivity contribution in [1.82, 2.24) is 19.4 Å². The van der Waals surface area contributed by atoms with Gasteiger partial charge in [-0.25, -0.2) is 14.4 Å². The predicted molar refractivity (Wildman–Crippen MR) is 142 cm³/mol. The number of fused-ring (bicyclic) bond motifs is 1. The van der Waals surface area contributed by atoms with Gasteiger partial charge in [-0.2, -0.15) is 8.78 Å². The van der Waals surface area contributed by atoms with Crippen LogP contribution in [0.1, 0.15) is 41.3 Å². The van der Waals surface area contributed by atoms with E-state index in [1.807, 2.05) is 0 Å². The second-order valence-corrected chi connectivity index (χ2v) is 10.1. The van der Waals surface area contributed by atoms with Crippen LogP contribution in [0.15, 0.2) is 53.0 Å². The van der Waals surface area contributed by atoms with Gasteiger partial charge in [0.05, 0.1) is 17.5 Å². The Hall–Kier alpha value is -2.82. The van der Waals surface area contributed by atoms with Crippen molar-refractivity contribution in [3.63, 3.8) is 0 Å². The molecule has 0 N–H and O–H groups in total. The number of alkyl halides is 2. The van der Waals surface area contributed by atoms with Gasteiger partial charge in [0.25, 0.3) is 0 Å². The molecule has 11 heteroatoms. The number of hydrogen-bond donors (Lipinski definition) is 0. The largest absolute Gasteiger partial charge is 0.473 e. The lowest BCUT2D eigenvalue weighted by Crippen LogP contribution is -2.33. The highest BCUT2D eigenvalue weighted by Crippen LogP contribution is 2.33. The summed E-state index contributed by atoms with van der Waals surface area (Å²) in [6.07, 6.45) is 1.06. The number of nitrogens with zero attached hydrogens (tertiary/aromatic N) is 4. The van der Waals surface area contributed by atoms with Crippen molar-refractivity contribution in [2.45, 2.75) is 38.4 Å². The maximum Gasteiger partial charge on any atom is 0.387 e. The van der Waals surface area contributed by atoms with E-state index in [2.05, 4.69) is 30.6 Å². The van der Waals surface area contributed by atoms with Gasteiger partial charge in [0.15, 0.2) is 5.75 Å². The molecule has 1 saturated heterocycles. The molecular weight excluding hydrogens is 585 g/mol. The highest BCUT2D eigenvalue weighted by atomic mass is 79.9. The van der Waals surface area contributed by atoms with Gasteiger partial charge in [0.1, 0.15) is 23.7 Å². The summed E-state index contributed by atoms with van der Waals surface area (Å²) in [7, 11) is 1.62. The number of aryl methyl sites for hydroxylation is 1. The first-order valence-electron chi connectivity index (χ1n) is 13.7. The first kappa shape index (κ1) is 22.0. The molecule has 200 valence electrons. The molecule has 0 aliphatic carbocycles. The number of rotatable bonds is 8. The number of piperidine rings is 1. The second-order valence-electron chi connectivity index (χ2n) is 8.75. The van der Waals surface area contributed by atoms with Crippen molar-refractivity contribution in [2.24, 2.45) is 7.05 Å². The van der Waals surface area contributed by atoms with E-state index in [0.29, 0.717) is 41.6 Å². The second kappa shape index (κ2) is 11.5. The molecule has 0 saturated carbocycles. The Balaban J connectivity index is 1.31. The Morgan fingerprint density at radius 1 is 1.16 bits per heavy atom. The lowest BCUT2D eigenvalue weighted by Gasteiger charge is -2.31. The van der Waals surface area contributed by atoms with Crippen LogP contribution in [-0.4, -0.2) is 39.1 Å². The maximum atomic E-state index is 14.3. The van der Waals surface area contributed by atoms with Gasteiger partial charge in [0.2, 0.25) is 5.88 Å². The average Bonchev–Trinajstić information content (AvgIpc) is 3.25. The quantitative estimate of drug-likeness (QED) is 0.213. The molecule has 2 aromatic heterocycles. The fourth-order valence-electron chi connectivity index (χ4n) is 4.33. The summed E-state index contributed by atoms with van der Waals surface area (Å²) < 4.78 is 86.7. The molecule has 0 unspecified atom stereocenters. The molecule has 3 heterocycles. The first-order chi connectivity index (χ1) is 19.8. The third-order valence-electron chi connectivity index (χ3n) is 6.25. The molecular formula is C27H25BrClF3N4O2. The minimum atomic E-state index is -3.06. The maximum absolute atomic E-state index is 14.3. The number of halogens is 5. The van der Waals surface area contributed by atoms with E-state index in [1.54, 1.807) is 30.1 Å². The normalized spacial score (nSPS) is 17.2. The molecule has 4 aromatic rings. The molecule has 0 radical (unpaired) electrons. The molecule has 5 rings (SSSR count). The highest BCUT2D eigenvalue weighted by molar-refractivity contribution is 9.10. The molecule has 1 fully saturated rings. The number of pyridine rings is 1. The Morgan fingerprint density at radius 2 is 1.95 bits per heavy atom. The van der Waals surface area contributed by atoms with Gasteiger partial charge < -0.3 is 14.0 Å². The van der Waals surface area contributed by atoms with Crippen LogP contribution in [-0.2, 0) is 20.1 Å². The number of ether oxygens (including phenoxy) is 2. The number of hydrogen-bond acceptors (Lipinski definition) is 5. The van der Waals surface area contributed by atoms with Crippen molar-refractivity contribution >= 4 is 38.6 Å². The Morgan fingerprint density at radius 3 is 2.68 bits per heavy atom. The molecule has 0 spiro atoms. The third kappa shape index (κ3) is 6.08. The monoisotopic (exact) mass is 612 g/mol. The number of benzene rings is 2. The molecule has 0 bridgehead atoms. The van der Waals surface area contributed by atoms with Gasteiger partial charge in [-0.15, -0.1) is 0 Å². The fraction of sp³-hybridized carbons (Fsp3) is 0.333. The van der Waals surface area contributed by atoms with Crippen molar-refractivity contribution < 1.29 is 28.1 Å². The van der Waals surface area contributed by atoms with Crippen LogP contribution in [0.3, 0.4) is 0 Å². The van der Waals surface area contributed by atoms with Crippen molar-refractivity contribution in [3.05, 3.63) is 80.9 Å². The van der Waals surface area contributed by atoms with Crippen LogP contribution in [0, 0.1) is 5.82 Å². The number of likely N-dealkylation sites (tertiary alicyclic amines) is 1. The van der Waals surface area contributed by atoms with E-state index >= 15 is 0 Å². The molecule has 2 aromatic carbocycles. The highest BCUT2D eigenvalue weighted by Gasteiger charge is 2.24. The zero-order valence-electron chi connectivity index (χ0n) is 24.1. The van der Waals surface area contributed by atoms with Crippen LogP contribution < -0.4 is 9.47 Å². The van der Waals surface area contributed by atoms with Crippen LogP contribution in [0.4, 0.5) is 13.2 Å². The molecule has 1 aliphatic rings. The molecule has 1 aliphatic heterocycles. The van der Waals surface area contributed by atoms with Crippen molar-refractivity contribution in [3.8, 4) is 11.6 Å². The lowest BCUT2D eigenvalue weighted by molar-refractivity contribution is -0.0489. The third-order valence-corrected chi connectivity index (χ3v) is 6.94. The van der Waals surface area contributed by atoms with Crippen LogP contribution in [0.5, 0.6) is 11.6 Å². The van der Waals surface area contributed by atoms with Gasteiger partial charge >= 0.3 is 6.61 Å². The van der Waals surface area contributed by atoms with Crippen LogP contribution >= 0.6 is 27.5 Å². The molecule has 0 amide bonds. The zero-order chi connectivity index (χ0) is 30.4. The van der Waals surface area contributed by atoms with E-state index in [4.69, 9.17) is 21.8 Å². The minimum Gasteiger partial charge on any atom is -0.473 e. The Labute approximate surface area is 237 Å². The summed E-state index contributed by atoms with van der Waals surface area (Å²) in [6, 6.07) is 11.6. The molecule has 0 atom stereocenters. The smallest absolute Gasteiger partial charge is 0.387 e. The molecule has 38 heavy (non-hydrogen) atoms. The first-order valence-corrected chi connectivity index (χ1v) is 12.9. The summed E-state index contributed by atoms with van der Waals surface area (Å²) in [5.41, 5.74) is 0.903. The van der Waals surface area contributed by atoms with Gasteiger partial charge in [-0.3, -0.25) is 4.90 Å². The van der Waals surface area contributed by atoms with E-state index in [-0.39, 0.29) is 39.5 Å². The molecule has 6 nitrogen and oxygen atoms in total. The number of imidazole rings is 1. The minimum absolute atomic E-state index is 0.0164. The van der Waals surface area contributed by atoms with E-state index in [9.17, 15) is 13.2 Å². The van der Waals surface area contributed by atoms with Crippen LogP contribution in [0.2, 0.25) is 5.02 Å². The lowest BCUT2D eigenvalue weighted by atomic mass is 9.93. The van der Waals surface area contributed by atoms with Crippen molar-refractivity contribution in [2.75, 3.05) is 13.1 Å².